The number of carbonyl (C=O) groups is 1. The lowest BCUT2D eigenvalue weighted by Crippen LogP contribution is -2.39. The number of halogens is 1. The first-order valence-corrected chi connectivity index (χ1v) is 7.80. The summed E-state index contributed by atoms with van der Waals surface area (Å²) in [6.45, 7) is 6.93. The molecule has 0 bridgehead atoms. The second-order valence-corrected chi connectivity index (χ2v) is 7.33. The van der Waals surface area contributed by atoms with E-state index >= 15 is 0 Å². The van der Waals surface area contributed by atoms with E-state index in [9.17, 15) is 4.79 Å². The summed E-state index contributed by atoms with van der Waals surface area (Å²) in [5.74, 6) is 0.784. The van der Waals surface area contributed by atoms with Crippen LogP contribution in [0.15, 0.2) is 24.3 Å². The first kappa shape index (κ1) is 15.4. The number of rotatable bonds is 2. The van der Waals surface area contributed by atoms with E-state index in [-0.39, 0.29) is 5.91 Å². The molecule has 0 spiro atoms. The predicted molar refractivity (Wildman–Crippen MR) is 84.1 cm³/mol. The molecule has 0 radical (unpaired) electrons. The topological polar surface area (TPSA) is 29.1 Å². The Morgan fingerprint density at radius 3 is 2.15 bits per heavy atom. The molecular formula is C17H24ClNO. The fourth-order valence-electron chi connectivity index (χ4n) is 2.97. The first-order valence-electron chi connectivity index (χ1n) is 7.42. The van der Waals surface area contributed by atoms with Crippen LogP contribution in [-0.4, -0.2) is 11.9 Å². The summed E-state index contributed by atoms with van der Waals surface area (Å²) in [6.07, 6.45) is 4.58. The van der Waals surface area contributed by atoms with Crippen molar-refractivity contribution in [1.82, 2.24) is 5.32 Å². The van der Waals surface area contributed by atoms with Gasteiger partial charge in [-0.3, -0.25) is 4.79 Å². The zero-order chi connectivity index (χ0) is 14.8. The Hall–Kier alpha value is -1.02. The van der Waals surface area contributed by atoms with Crippen LogP contribution in [-0.2, 0) is 0 Å². The maximum absolute atomic E-state index is 12.1. The van der Waals surface area contributed by atoms with Crippen LogP contribution >= 0.6 is 11.6 Å². The number of amides is 1. The molecule has 1 aliphatic rings. The normalized spacial score (nSPS) is 23.4. The third kappa shape index (κ3) is 3.99. The van der Waals surface area contributed by atoms with Gasteiger partial charge in [0.05, 0.1) is 0 Å². The van der Waals surface area contributed by atoms with Gasteiger partial charge >= 0.3 is 0 Å². The Labute approximate surface area is 126 Å². The molecule has 1 aromatic carbocycles. The zero-order valence-corrected chi connectivity index (χ0v) is 13.3. The molecule has 1 saturated carbocycles. The lowest BCUT2D eigenvalue weighted by atomic mass is 9.71. The van der Waals surface area contributed by atoms with E-state index < -0.39 is 0 Å². The molecular weight excluding hydrogens is 270 g/mol. The minimum Gasteiger partial charge on any atom is -0.349 e. The third-order valence-corrected chi connectivity index (χ3v) is 4.65. The molecule has 0 aromatic heterocycles. The fourth-order valence-corrected chi connectivity index (χ4v) is 3.10. The van der Waals surface area contributed by atoms with Crippen molar-refractivity contribution in [3.05, 3.63) is 34.9 Å². The van der Waals surface area contributed by atoms with Crippen molar-refractivity contribution in [2.24, 2.45) is 11.3 Å². The minimum atomic E-state index is 0.0147. The SMILES string of the molecule is CC(C)(C)C1CCC(NC(=O)c2ccc(Cl)cc2)CC1. The summed E-state index contributed by atoms with van der Waals surface area (Å²) in [6, 6.07) is 7.38. The number of nitrogens with one attached hydrogen (secondary N) is 1. The molecule has 0 saturated heterocycles. The quantitative estimate of drug-likeness (QED) is 0.843. The lowest BCUT2D eigenvalue weighted by Gasteiger charge is -2.37. The van der Waals surface area contributed by atoms with Gasteiger partial charge in [-0.2, -0.15) is 0 Å². The molecule has 1 N–H and O–H groups in total. The van der Waals surface area contributed by atoms with E-state index in [1.54, 1.807) is 24.3 Å². The molecule has 1 amide bonds. The number of hydrogen-bond acceptors (Lipinski definition) is 1. The standard InChI is InChI=1S/C17H24ClNO/c1-17(2,3)13-6-10-15(11-7-13)19-16(20)12-4-8-14(18)9-5-12/h4-5,8-9,13,15H,6-7,10-11H2,1-3H3,(H,19,20). The maximum atomic E-state index is 12.1. The van der Waals surface area contributed by atoms with Crippen molar-refractivity contribution in [3.63, 3.8) is 0 Å². The van der Waals surface area contributed by atoms with Gasteiger partial charge < -0.3 is 5.32 Å². The van der Waals surface area contributed by atoms with Gasteiger partial charge in [-0.05, 0) is 61.3 Å². The van der Waals surface area contributed by atoms with E-state index in [1.807, 2.05) is 0 Å². The van der Waals surface area contributed by atoms with Crippen molar-refractivity contribution in [3.8, 4) is 0 Å². The minimum absolute atomic E-state index is 0.0147. The Morgan fingerprint density at radius 2 is 1.65 bits per heavy atom. The van der Waals surface area contributed by atoms with Crippen LogP contribution in [0.5, 0.6) is 0 Å². The highest BCUT2D eigenvalue weighted by molar-refractivity contribution is 6.30. The summed E-state index contributed by atoms with van der Waals surface area (Å²) in [4.78, 5) is 12.1. The van der Waals surface area contributed by atoms with Gasteiger partial charge in [0.15, 0.2) is 0 Å². The zero-order valence-electron chi connectivity index (χ0n) is 12.6. The largest absolute Gasteiger partial charge is 0.349 e. The molecule has 20 heavy (non-hydrogen) atoms. The van der Waals surface area contributed by atoms with Crippen LogP contribution in [0, 0.1) is 11.3 Å². The second kappa shape index (κ2) is 6.17. The van der Waals surface area contributed by atoms with Gasteiger partial charge in [0.25, 0.3) is 5.91 Å². The van der Waals surface area contributed by atoms with Crippen LogP contribution < -0.4 is 5.32 Å². The Kier molecular flexibility index (Phi) is 4.74. The fraction of sp³-hybridized carbons (Fsp3) is 0.588. The molecule has 1 aromatic rings. The van der Waals surface area contributed by atoms with E-state index in [1.165, 1.54) is 12.8 Å². The van der Waals surface area contributed by atoms with E-state index in [4.69, 9.17) is 11.6 Å². The number of hydrogen-bond donors (Lipinski definition) is 1. The van der Waals surface area contributed by atoms with Gasteiger partial charge in [-0.1, -0.05) is 32.4 Å². The van der Waals surface area contributed by atoms with Crippen LogP contribution in [0.1, 0.15) is 56.8 Å². The average Bonchev–Trinajstić information content (AvgIpc) is 2.39. The highest BCUT2D eigenvalue weighted by Crippen LogP contribution is 2.37. The van der Waals surface area contributed by atoms with Crippen LogP contribution in [0.25, 0.3) is 0 Å². The molecule has 2 rings (SSSR count). The van der Waals surface area contributed by atoms with Crippen molar-refractivity contribution in [2.75, 3.05) is 0 Å². The Balaban J connectivity index is 1.86. The summed E-state index contributed by atoms with van der Waals surface area (Å²) in [5, 5.41) is 3.80. The van der Waals surface area contributed by atoms with E-state index in [2.05, 4.69) is 26.1 Å². The molecule has 0 heterocycles. The highest BCUT2D eigenvalue weighted by Gasteiger charge is 2.30. The van der Waals surface area contributed by atoms with Gasteiger partial charge in [0, 0.05) is 16.6 Å². The van der Waals surface area contributed by atoms with E-state index in [0.717, 1.165) is 18.8 Å². The second-order valence-electron chi connectivity index (χ2n) is 6.89. The Morgan fingerprint density at radius 1 is 1.10 bits per heavy atom. The third-order valence-electron chi connectivity index (χ3n) is 4.39. The maximum Gasteiger partial charge on any atom is 0.251 e. The number of benzene rings is 1. The Bertz CT molecular complexity index is 453. The molecule has 3 heteroatoms. The lowest BCUT2D eigenvalue weighted by molar-refractivity contribution is 0.0904. The van der Waals surface area contributed by atoms with Crippen molar-refractivity contribution in [1.29, 1.82) is 0 Å². The molecule has 2 nitrogen and oxygen atoms in total. The summed E-state index contributed by atoms with van der Waals surface area (Å²) in [5.41, 5.74) is 1.07. The van der Waals surface area contributed by atoms with E-state index in [0.29, 0.717) is 22.0 Å². The molecule has 0 aliphatic heterocycles. The first-order chi connectivity index (χ1) is 9.36. The van der Waals surface area contributed by atoms with Crippen LogP contribution in [0.2, 0.25) is 5.02 Å². The van der Waals surface area contributed by atoms with Crippen molar-refractivity contribution in [2.45, 2.75) is 52.5 Å². The van der Waals surface area contributed by atoms with Gasteiger partial charge in [-0.25, -0.2) is 0 Å². The van der Waals surface area contributed by atoms with Gasteiger partial charge in [0.1, 0.15) is 0 Å². The molecule has 110 valence electrons. The van der Waals surface area contributed by atoms with Crippen LogP contribution in [0.3, 0.4) is 0 Å². The predicted octanol–water partition coefficient (Wildman–Crippen LogP) is 4.67. The van der Waals surface area contributed by atoms with Crippen LogP contribution in [0.4, 0.5) is 0 Å². The summed E-state index contributed by atoms with van der Waals surface area (Å²) < 4.78 is 0. The molecule has 0 unspecified atom stereocenters. The van der Waals surface area contributed by atoms with Crippen molar-refractivity contribution >= 4 is 17.5 Å². The molecule has 1 aliphatic carbocycles. The summed E-state index contributed by atoms with van der Waals surface area (Å²) >= 11 is 5.84. The van der Waals surface area contributed by atoms with Gasteiger partial charge in [0.2, 0.25) is 0 Å². The highest BCUT2D eigenvalue weighted by atomic mass is 35.5. The molecule has 0 atom stereocenters. The number of carbonyl (C=O) groups excluding carboxylic acids is 1. The molecule has 1 fully saturated rings. The smallest absolute Gasteiger partial charge is 0.251 e. The monoisotopic (exact) mass is 293 g/mol. The van der Waals surface area contributed by atoms with Gasteiger partial charge in [-0.15, -0.1) is 0 Å². The summed E-state index contributed by atoms with van der Waals surface area (Å²) in [7, 11) is 0. The average molecular weight is 294 g/mol. The van der Waals surface area contributed by atoms with Crippen molar-refractivity contribution < 1.29 is 4.79 Å².